The summed E-state index contributed by atoms with van der Waals surface area (Å²) in [5.41, 5.74) is 2.93. The van der Waals surface area contributed by atoms with Crippen molar-refractivity contribution >= 4 is 27.1 Å². The fraction of sp³-hybridized carbons (Fsp3) is 0.143. The van der Waals surface area contributed by atoms with Gasteiger partial charge in [0.1, 0.15) is 0 Å². The molecular weight excluding hydrogens is 212 g/mol. The Bertz CT molecular complexity index is 417. The van der Waals surface area contributed by atoms with Gasteiger partial charge in [0.2, 0.25) is 0 Å². The summed E-state index contributed by atoms with van der Waals surface area (Å²) < 4.78 is 22.2. The average molecular weight is 221 g/mol. The van der Waals surface area contributed by atoms with Crippen molar-refractivity contribution < 1.29 is 8.42 Å². The fourth-order valence-electron chi connectivity index (χ4n) is 0.891. The third-order valence-electron chi connectivity index (χ3n) is 1.50. The molecule has 0 radical (unpaired) electrons. The molecule has 4 nitrogen and oxygen atoms in total. The molecule has 0 unspecified atom stereocenters. The van der Waals surface area contributed by atoms with Gasteiger partial charge in [0.05, 0.1) is 15.6 Å². The number of hydrogen-bond donors (Lipinski definition) is 2. The molecule has 1 rings (SSSR count). The van der Waals surface area contributed by atoms with Gasteiger partial charge in [0.15, 0.2) is 9.84 Å². The van der Waals surface area contributed by atoms with E-state index >= 15 is 0 Å². The monoisotopic (exact) mass is 220 g/mol. The van der Waals surface area contributed by atoms with Gasteiger partial charge in [-0.15, -0.1) is 0 Å². The predicted molar refractivity (Wildman–Crippen MR) is 52.4 cm³/mol. The maximum Gasteiger partial charge on any atom is 0.176 e. The first-order valence-corrected chi connectivity index (χ1v) is 5.68. The van der Waals surface area contributed by atoms with Crippen molar-refractivity contribution in [3.8, 4) is 0 Å². The Morgan fingerprint density at radius 2 is 2.08 bits per heavy atom. The largest absolute Gasteiger partial charge is 0.324 e. The van der Waals surface area contributed by atoms with E-state index in [1.54, 1.807) is 6.07 Å². The standard InChI is InChI=1S/C7H9ClN2O2S/c1-13(11,12)7-3-2-5(10-9)4-6(7)8/h2-4,10H,9H2,1H3. The first-order valence-electron chi connectivity index (χ1n) is 3.41. The number of nitrogens with one attached hydrogen (secondary N) is 1. The van der Waals surface area contributed by atoms with E-state index in [2.05, 4.69) is 5.43 Å². The molecule has 0 bridgehead atoms. The summed E-state index contributed by atoms with van der Waals surface area (Å²) in [6.45, 7) is 0. The minimum absolute atomic E-state index is 0.105. The Balaban J connectivity index is 3.29. The van der Waals surface area contributed by atoms with Gasteiger partial charge < -0.3 is 5.43 Å². The van der Waals surface area contributed by atoms with Crippen molar-refractivity contribution in [3.63, 3.8) is 0 Å². The van der Waals surface area contributed by atoms with Crippen molar-refractivity contribution in [1.82, 2.24) is 0 Å². The third kappa shape index (κ3) is 2.33. The van der Waals surface area contributed by atoms with Gasteiger partial charge in [0, 0.05) is 6.26 Å². The Morgan fingerprint density at radius 3 is 2.46 bits per heavy atom. The summed E-state index contributed by atoms with van der Waals surface area (Å²) in [7, 11) is -3.26. The Kier molecular flexibility index (Phi) is 2.80. The molecule has 0 fully saturated rings. The zero-order valence-electron chi connectivity index (χ0n) is 6.91. The lowest BCUT2D eigenvalue weighted by molar-refractivity contribution is 0.602. The highest BCUT2D eigenvalue weighted by molar-refractivity contribution is 7.90. The number of anilines is 1. The molecule has 0 saturated carbocycles. The molecule has 0 aromatic heterocycles. The van der Waals surface area contributed by atoms with Gasteiger partial charge in [-0.05, 0) is 18.2 Å². The van der Waals surface area contributed by atoms with Crippen LogP contribution in [0.1, 0.15) is 0 Å². The minimum Gasteiger partial charge on any atom is -0.324 e. The van der Waals surface area contributed by atoms with E-state index in [9.17, 15) is 8.42 Å². The number of hydrazine groups is 1. The lowest BCUT2D eigenvalue weighted by atomic mass is 10.3. The minimum atomic E-state index is -3.26. The van der Waals surface area contributed by atoms with Crippen molar-refractivity contribution in [3.05, 3.63) is 23.2 Å². The summed E-state index contributed by atoms with van der Waals surface area (Å²) in [5, 5.41) is 0.165. The van der Waals surface area contributed by atoms with E-state index in [0.717, 1.165) is 6.26 Å². The van der Waals surface area contributed by atoms with Crippen molar-refractivity contribution in [2.24, 2.45) is 5.84 Å². The van der Waals surface area contributed by atoms with Crippen LogP contribution in [0.2, 0.25) is 5.02 Å². The predicted octanol–water partition coefficient (Wildman–Crippen LogP) is 1.03. The quantitative estimate of drug-likeness (QED) is 0.577. The highest BCUT2D eigenvalue weighted by Gasteiger charge is 2.11. The molecule has 0 aliphatic carbocycles. The van der Waals surface area contributed by atoms with Crippen LogP contribution in [0, 0.1) is 0 Å². The van der Waals surface area contributed by atoms with E-state index in [0.29, 0.717) is 5.69 Å². The number of rotatable bonds is 2. The maximum atomic E-state index is 11.1. The Labute approximate surface area is 81.6 Å². The van der Waals surface area contributed by atoms with E-state index in [-0.39, 0.29) is 9.92 Å². The molecule has 6 heteroatoms. The molecule has 1 aromatic rings. The van der Waals surface area contributed by atoms with Crippen LogP contribution >= 0.6 is 11.6 Å². The van der Waals surface area contributed by atoms with Crippen LogP contribution in [-0.4, -0.2) is 14.7 Å². The molecule has 0 saturated heterocycles. The zero-order chi connectivity index (χ0) is 10.1. The van der Waals surface area contributed by atoms with Crippen molar-refractivity contribution in [1.29, 1.82) is 0 Å². The summed E-state index contributed by atoms with van der Waals surface area (Å²) in [4.78, 5) is 0.105. The number of nitrogen functional groups attached to an aromatic ring is 1. The van der Waals surface area contributed by atoms with Crippen molar-refractivity contribution in [2.45, 2.75) is 4.90 Å². The molecule has 1 aromatic carbocycles. The average Bonchev–Trinajstić information content (AvgIpc) is 2.01. The van der Waals surface area contributed by atoms with Gasteiger partial charge in [-0.2, -0.15) is 0 Å². The first-order chi connectivity index (χ1) is 5.95. The smallest absolute Gasteiger partial charge is 0.176 e. The van der Waals surface area contributed by atoms with Gasteiger partial charge in [-0.3, -0.25) is 5.84 Å². The van der Waals surface area contributed by atoms with Gasteiger partial charge in [0.25, 0.3) is 0 Å². The second-order valence-electron chi connectivity index (χ2n) is 2.56. The normalized spacial score (nSPS) is 11.3. The lowest BCUT2D eigenvalue weighted by Crippen LogP contribution is -2.07. The fourth-order valence-corrected chi connectivity index (χ4v) is 2.22. The SMILES string of the molecule is CS(=O)(=O)c1ccc(NN)cc1Cl. The van der Waals surface area contributed by atoms with Gasteiger partial charge >= 0.3 is 0 Å². The topological polar surface area (TPSA) is 72.2 Å². The van der Waals surface area contributed by atoms with Crippen LogP contribution in [0.15, 0.2) is 23.1 Å². The summed E-state index contributed by atoms with van der Waals surface area (Å²) in [6, 6.07) is 4.41. The highest BCUT2D eigenvalue weighted by Crippen LogP contribution is 2.24. The highest BCUT2D eigenvalue weighted by atomic mass is 35.5. The molecule has 0 amide bonds. The molecule has 0 atom stereocenters. The van der Waals surface area contributed by atoms with Gasteiger partial charge in [-0.1, -0.05) is 11.6 Å². The van der Waals surface area contributed by atoms with Crippen LogP contribution in [0.25, 0.3) is 0 Å². The summed E-state index contributed by atoms with van der Waals surface area (Å²) in [6.07, 6.45) is 1.10. The van der Waals surface area contributed by atoms with E-state index in [1.165, 1.54) is 12.1 Å². The number of sulfone groups is 1. The van der Waals surface area contributed by atoms with Gasteiger partial charge in [-0.25, -0.2) is 8.42 Å². The Hall–Kier alpha value is -0.780. The van der Waals surface area contributed by atoms with Crippen LogP contribution < -0.4 is 11.3 Å². The molecule has 13 heavy (non-hydrogen) atoms. The molecule has 0 aliphatic rings. The lowest BCUT2D eigenvalue weighted by Gasteiger charge is -2.04. The first kappa shape index (κ1) is 10.3. The zero-order valence-corrected chi connectivity index (χ0v) is 8.48. The van der Waals surface area contributed by atoms with Crippen LogP contribution in [-0.2, 0) is 9.84 Å². The molecule has 0 heterocycles. The number of benzene rings is 1. The maximum absolute atomic E-state index is 11.1. The van der Waals surface area contributed by atoms with E-state index < -0.39 is 9.84 Å². The van der Waals surface area contributed by atoms with Crippen molar-refractivity contribution in [2.75, 3.05) is 11.7 Å². The van der Waals surface area contributed by atoms with Crippen LogP contribution in [0.3, 0.4) is 0 Å². The van der Waals surface area contributed by atoms with Crippen LogP contribution in [0.4, 0.5) is 5.69 Å². The van der Waals surface area contributed by atoms with Crippen LogP contribution in [0.5, 0.6) is 0 Å². The summed E-state index contributed by atoms with van der Waals surface area (Å²) >= 11 is 5.72. The van der Waals surface area contributed by atoms with E-state index in [1.807, 2.05) is 0 Å². The molecule has 0 aliphatic heterocycles. The number of hydrogen-bond acceptors (Lipinski definition) is 4. The second-order valence-corrected chi connectivity index (χ2v) is 4.95. The third-order valence-corrected chi connectivity index (χ3v) is 3.08. The van der Waals surface area contributed by atoms with E-state index in [4.69, 9.17) is 17.4 Å². The molecule has 0 spiro atoms. The molecule has 72 valence electrons. The number of halogens is 1. The number of nitrogens with two attached hydrogens (primary N) is 1. The summed E-state index contributed by atoms with van der Waals surface area (Å²) in [5.74, 6) is 5.12. The molecular formula is C7H9ClN2O2S. The second kappa shape index (κ2) is 3.53. The Morgan fingerprint density at radius 1 is 1.46 bits per heavy atom. The molecule has 3 N–H and O–H groups in total.